The molecule has 0 saturated carbocycles. The van der Waals surface area contributed by atoms with E-state index in [2.05, 4.69) is 6.07 Å². The van der Waals surface area contributed by atoms with E-state index in [0.717, 1.165) is 0 Å². The number of furan rings is 1. The van der Waals surface area contributed by atoms with Gasteiger partial charge in [0.1, 0.15) is 23.2 Å². The molecule has 0 aliphatic carbocycles. The first-order chi connectivity index (χ1) is 13.9. The van der Waals surface area contributed by atoms with Crippen LogP contribution in [0.1, 0.15) is 28.5 Å². The van der Waals surface area contributed by atoms with Crippen LogP contribution in [-0.2, 0) is 6.54 Å². The van der Waals surface area contributed by atoms with E-state index in [9.17, 15) is 10.1 Å². The maximum atomic E-state index is 13.5. The number of ether oxygens (including phenoxy) is 1. The van der Waals surface area contributed by atoms with Crippen molar-refractivity contribution in [3.8, 4) is 11.8 Å². The van der Waals surface area contributed by atoms with E-state index in [-0.39, 0.29) is 34.1 Å². The summed E-state index contributed by atoms with van der Waals surface area (Å²) in [5.41, 5.74) is 7.23. The summed E-state index contributed by atoms with van der Waals surface area (Å²) in [4.78, 5) is 13.5. The van der Waals surface area contributed by atoms with Crippen molar-refractivity contribution in [2.24, 2.45) is 5.73 Å². The molecule has 6 nitrogen and oxygen atoms in total. The lowest BCUT2D eigenvalue weighted by molar-refractivity contribution is 0.387. The Hall–Kier alpha value is -3.14. The minimum atomic E-state index is -0.800. The second kappa shape index (κ2) is 7.36. The highest BCUT2D eigenvalue weighted by Gasteiger charge is 2.35. The van der Waals surface area contributed by atoms with E-state index in [1.807, 2.05) is 0 Å². The van der Waals surface area contributed by atoms with Crippen molar-refractivity contribution in [2.45, 2.75) is 19.4 Å². The Bertz CT molecular complexity index is 1240. The predicted molar refractivity (Wildman–Crippen MR) is 109 cm³/mol. The van der Waals surface area contributed by atoms with Crippen molar-refractivity contribution in [1.82, 2.24) is 4.57 Å². The predicted octanol–water partition coefficient (Wildman–Crippen LogP) is 4.32. The maximum absolute atomic E-state index is 13.5. The molecule has 1 unspecified atom stereocenters. The van der Waals surface area contributed by atoms with Gasteiger partial charge < -0.3 is 19.5 Å². The summed E-state index contributed by atoms with van der Waals surface area (Å²) in [5.74, 6) is 0.0510. The van der Waals surface area contributed by atoms with Gasteiger partial charge in [0.2, 0.25) is 5.88 Å². The number of benzene rings is 1. The van der Waals surface area contributed by atoms with Gasteiger partial charge in [0.25, 0.3) is 5.56 Å². The van der Waals surface area contributed by atoms with Crippen LogP contribution < -0.4 is 16.0 Å². The number of nitriles is 1. The Morgan fingerprint density at radius 1 is 1.28 bits per heavy atom. The van der Waals surface area contributed by atoms with Gasteiger partial charge in [-0.15, -0.1) is 0 Å². The highest BCUT2D eigenvalue weighted by atomic mass is 35.5. The number of fused-ring (bicyclic) bond motifs is 1. The largest absolute Gasteiger partial charge is 0.467 e. The number of hydrogen-bond acceptors (Lipinski definition) is 5. The molecule has 4 rings (SSSR count). The van der Waals surface area contributed by atoms with Gasteiger partial charge in [-0.05, 0) is 30.7 Å². The van der Waals surface area contributed by atoms with Crippen LogP contribution >= 0.6 is 23.2 Å². The van der Waals surface area contributed by atoms with Crippen molar-refractivity contribution >= 4 is 23.2 Å². The highest BCUT2D eigenvalue weighted by Crippen LogP contribution is 2.44. The molecule has 0 saturated heterocycles. The van der Waals surface area contributed by atoms with E-state index in [0.29, 0.717) is 27.8 Å². The van der Waals surface area contributed by atoms with Gasteiger partial charge in [-0.1, -0.05) is 35.3 Å². The SMILES string of the molecule is Cc1cc2c(c(=O)n1Cc1ccco1)C(c1cccc(Cl)c1Cl)C(C#N)=C(N)O2. The Kier molecular flexibility index (Phi) is 4.87. The van der Waals surface area contributed by atoms with Gasteiger partial charge in [-0.2, -0.15) is 5.26 Å². The first-order valence-corrected chi connectivity index (χ1v) is 9.46. The van der Waals surface area contributed by atoms with Crippen molar-refractivity contribution < 1.29 is 9.15 Å². The number of allylic oxidation sites excluding steroid dienone is 1. The lowest BCUT2D eigenvalue weighted by Gasteiger charge is -2.28. The molecule has 1 aromatic carbocycles. The van der Waals surface area contributed by atoms with Crippen molar-refractivity contribution in [2.75, 3.05) is 0 Å². The number of halogens is 2. The molecule has 3 aromatic rings. The number of aryl methyl sites for hydroxylation is 1. The summed E-state index contributed by atoms with van der Waals surface area (Å²) in [6, 6.07) is 12.4. The fourth-order valence-corrected chi connectivity index (χ4v) is 3.91. The minimum absolute atomic E-state index is 0.0661. The van der Waals surface area contributed by atoms with Gasteiger partial charge in [0.15, 0.2) is 0 Å². The number of rotatable bonds is 3. The molecule has 0 fully saturated rings. The standard InChI is InChI=1S/C21H15Cl2N3O3/c1-11-8-16-18(21(27)26(11)10-12-4-3-7-28-12)17(14(9-24)20(25)29-16)13-5-2-6-15(22)19(13)23/h2-8,17H,10,25H2,1H3. The summed E-state index contributed by atoms with van der Waals surface area (Å²) in [7, 11) is 0. The molecule has 1 atom stereocenters. The fraction of sp³-hybridized carbons (Fsp3) is 0.143. The summed E-state index contributed by atoms with van der Waals surface area (Å²) in [6.45, 7) is 2.02. The van der Waals surface area contributed by atoms with Crippen LogP contribution in [0.5, 0.6) is 5.75 Å². The van der Waals surface area contributed by atoms with E-state index >= 15 is 0 Å². The molecule has 0 amide bonds. The molecule has 0 radical (unpaired) electrons. The molecule has 146 valence electrons. The van der Waals surface area contributed by atoms with Crippen LogP contribution in [0.2, 0.25) is 10.0 Å². The number of nitrogens with two attached hydrogens (primary N) is 1. The lowest BCUT2D eigenvalue weighted by Crippen LogP contribution is -2.33. The molecule has 2 N–H and O–H groups in total. The second-order valence-corrected chi connectivity index (χ2v) is 7.39. The van der Waals surface area contributed by atoms with Crippen LogP contribution in [0.4, 0.5) is 0 Å². The quantitative estimate of drug-likeness (QED) is 0.671. The smallest absolute Gasteiger partial charge is 0.259 e. The third kappa shape index (κ3) is 3.19. The van der Waals surface area contributed by atoms with Crippen LogP contribution in [0, 0.1) is 18.3 Å². The lowest BCUT2D eigenvalue weighted by atomic mass is 9.84. The van der Waals surface area contributed by atoms with Gasteiger partial charge in [-0.3, -0.25) is 4.79 Å². The minimum Gasteiger partial charge on any atom is -0.467 e. The monoisotopic (exact) mass is 427 g/mol. The van der Waals surface area contributed by atoms with Crippen LogP contribution in [0.25, 0.3) is 0 Å². The molecule has 29 heavy (non-hydrogen) atoms. The third-order valence-corrected chi connectivity index (χ3v) is 5.71. The van der Waals surface area contributed by atoms with Crippen LogP contribution in [0.15, 0.2) is 63.3 Å². The Morgan fingerprint density at radius 3 is 2.76 bits per heavy atom. The van der Waals surface area contributed by atoms with E-state index in [4.69, 9.17) is 38.1 Å². The Balaban J connectivity index is 1.99. The zero-order chi connectivity index (χ0) is 20.7. The molecule has 3 heterocycles. The van der Waals surface area contributed by atoms with Crippen LogP contribution in [0.3, 0.4) is 0 Å². The van der Waals surface area contributed by atoms with E-state index < -0.39 is 5.92 Å². The average Bonchev–Trinajstić information content (AvgIpc) is 3.20. The van der Waals surface area contributed by atoms with Gasteiger partial charge in [-0.25, -0.2) is 0 Å². The summed E-state index contributed by atoms with van der Waals surface area (Å²) in [6.07, 6.45) is 1.54. The average molecular weight is 428 g/mol. The third-order valence-electron chi connectivity index (χ3n) is 4.88. The van der Waals surface area contributed by atoms with E-state index in [1.165, 1.54) is 0 Å². The number of aromatic nitrogens is 1. The van der Waals surface area contributed by atoms with Gasteiger partial charge in [0, 0.05) is 11.8 Å². The molecule has 0 spiro atoms. The first kappa shape index (κ1) is 19.2. The molecule has 1 aliphatic rings. The van der Waals surface area contributed by atoms with E-state index in [1.54, 1.807) is 54.2 Å². The molecule has 0 bridgehead atoms. The normalized spacial score (nSPS) is 15.6. The molecule has 1 aliphatic heterocycles. The molecule has 2 aromatic heterocycles. The molecular weight excluding hydrogens is 413 g/mol. The number of hydrogen-bond donors (Lipinski definition) is 1. The van der Waals surface area contributed by atoms with Gasteiger partial charge >= 0.3 is 0 Å². The van der Waals surface area contributed by atoms with Crippen molar-refractivity contribution in [3.05, 3.63) is 97.1 Å². The molecular formula is C21H15Cl2N3O3. The summed E-state index contributed by atoms with van der Waals surface area (Å²) >= 11 is 12.6. The maximum Gasteiger partial charge on any atom is 0.259 e. The zero-order valence-electron chi connectivity index (χ0n) is 15.3. The Morgan fingerprint density at radius 2 is 2.07 bits per heavy atom. The van der Waals surface area contributed by atoms with Gasteiger partial charge in [0.05, 0.1) is 34.3 Å². The highest BCUT2D eigenvalue weighted by molar-refractivity contribution is 6.42. The molecule has 8 heteroatoms. The summed E-state index contributed by atoms with van der Waals surface area (Å²) in [5, 5.41) is 10.3. The second-order valence-electron chi connectivity index (χ2n) is 6.60. The van der Waals surface area contributed by atoms with Crippen LogP contribution in [-0.4, -0.2) is 4.57 Å². The fourth-order valence-electron chi connectivity index (χ4n) is 3.50. The number of pyridine rings is 1. The number of nitrogens with zero attached hydrogens (tertiary/aromatic N) is 2. The van der Waals surface area contributed by atoms with Crippen molar-refractivity contribution in [3.63, 3.8) is 0 Å². The first-order valence-electron chi connectivity index (χ1n) is 8.70. The topological polar surface area (TPSA) is 94.2 Å². The summed E-state index contributed by atoms with van der Waals surface area (Å²) < 4.78 is 12.6. The zero-order valence-corrected chi connectivity index (χ0v) is 16.8. The van der Waals surface area contributed by atoms with Crippen molar-refractivity contribution in [1.29, 1.82) is 5.26 Å². The Labute approximate surface area is 176 Å².